The highest BCUT2D eigenvalue weighted by molar-refractivity contribution is 5.92. The van der Waals surface area contributed by atoms with E-state index in [4.69, 9.17) is 4.74 Å². The SMILES string of the molecule is CCOC(=O)N1CCN(C2CC(C)c3nc(NC(=O)C4CC4)nn3C2)CC1. The largest absolute Gasteiger partial charge is 0.450 e. The van der Waals surface area contributed by atoms with Crippen LogP contribution in [0.5, 0.6) is 0 Å². The molecular weight excluding hydrogens is 348 g/mol. The number of anilines is 1. The van der Waals surface area contributed by atoms with Crippen LogP contribution in [0.25, 0.3) is 0 Å². The van der Waals surface area contributed by atoms with Crippen LogP contribution in [0.4, 0.5) is 10.7 Å². The second-order valence-corrected chi connectivity index (χ2v) is 7.75. The molecule has 1 saturated heterocycles. The molecule has 3 aliphatic rings. The van der Waals surface area contributed by atoms with Gasteiger partial charge in [0, 0.05) is 44.1 Å². The van der Waals surface area contributed by atoms with Crippen molar-refractivity contribution in [3.8, 4) is 0 Å². The number of aromatic nitrogens is 3. The summed E-state index contributed by atoms with van der Waals surface area (Å²) in [5.74, 6) is 1.85. The number of nitrogens with one attached hydrogen (secondary N) is 1. The van der Waals surface area contributed by atoms with E-state index in [-0.39, 0.29) is 23.8 Å². The lowest BCUT2D eigenvalue weighted by molar-refractivity contribution is -0.117. The number of hydrogen-bond donors (Lipinski definition) is 1. The normalized spacial score (nSPS) is 25.8. The average molecular weight is 376 g/mol. The first-order valence-electron chi connectivity index (χ1n) is 9.96. The van der Waals surface area contributed by atoms with Gasteiger partial charge in [-0.3, -0.25) is 15.0 Å². The van der Waals surface area contributed by atoms with Crippen molar-refractivity contribution in [1.29, 1.82) is 0 Å². The third-order valence-corrected chi connectivity index (χ3v) is 5.69. The summed E-state index contributed by atoms with van der Waals surface area (Å²) in [7, 11) is 0. The second-order valence-electron chi connectivity index (χ2n) is 7.75. The lowest BCUT2D eigenvalue weighted by Crippen LogP contribution is -2.54. The van der Waals surface area contributed by atoms with Crippen molar-refractivity contribution < 1.29 is 14.3 Å². The molecule has 0 aromatic carbocycles. The maximum atomic E-state index is 12.0. The van der Waals surface area contributed by atoms with Crippen LogP contribution >= 0.6 is 0 Å². The second kappa shape index (κ2) is 7.46. The first-order chi connectivity index (χ1) is 13.0. The summed E-state index contributed by atoms with van der Waals surface area (Å²) < 4.78 is 7.04. The Labute approximate surface area is 159 Å². The summed E-state index contributed by atoms with van der Waals surface area (Å²) in [6, 6.07) is 0.366. The molecule has 0 spiro atoms. The predicted molar refractivity (Wildman–Crippen MR) is 98.4 cm³/mol. The molecule has 2 amide bonds. The molecule has 2 atom stereocenters. The Morgan fingerprint density at radius 2 is 1.96 bits per heavy atom. The molecule has 3 heterocycles. The molecule has 2 unspecified atom stereocenters. The van der Waals surface area contributed by atoms with E-state index in [1.165, 1.54) is 0 Å². The maximum Gasteiger partial charge on any atom is 0.409 e. The first-order valence-corrected chi connectivity index (χ1v) is 9.96. The number of fused-ring (bicyclic) bond motifs is 1. The van der Waals surface area contributed by atoms with Gasteiger partial charge in [0.1, 0.15) is 5.82 Å². The minimum Gasteiger partial charge on any atom is -0.450 e. The van der Waals surface area contributed by atoms with Crippen LogP contribution in [-0.4, -0.2) is 75.4 Å². The minimum absolute atomic E-state index is 0.0391. The zero-order valence-electron chi connectivity index (χ0n) is 16.1. The summed E-state index contributed by atoms with van der Waals surface area (Å²) in [4.78, 5) is 32.6. The number of carbonyl (C=O) groups is 2. The highest BCUT2D eigenvalue weighted by Gasteiger charge is 2.35. The van der Waals surface area contributed by atoms with Crippen molar-refractivity contribution >= 4 is 17.9 Å². The zero-order chi connectivity index (χ0) is 19.0. The molecule has 2 fully saturated rings. The van der Waals surface area contributed by atoms with Gasteiger partial charge in [0.15, 0.2) is 0 Å². The summed E-state index contributed by atoms with van der Waals surface area (Å²) in [5.41, 5.74) is 0. The Bertz CT molecular complexity index is 708. The summed E-state index contributed by atoms with van der Waals surface area (Å²) in [5, 5.41) is 7.38. The summed E-state index contributed by atoms with van der Waals surface area (Å²) in [6.07, 6.45) is 2.73. The van der Waals surface area contributed by atoms with Crippen LogP contribution in [0.2, 0.25) is 0 Å². The van der Waals surface area contributed by atoms with Crippen molar-refractivity contribution in [3.05, 3.63) is 5.82 Å². The van der Waals surface area contributed by atoms with Crippen molar-refractivity contribution in [1.82, 2.24) is 24.6 Å². The molecule has 1 aromatic heterocycles. The summed E-state index contributed by atoms with van der Waals surface area (Å²) in [6.45, 7) is 8.23. The van der Waals surface area contributed by atoms with E-state index < -0.39 is 0 Å². The van der Waals surface area contributed by atoms with Crippen molar-refractivity contribution in [2.24, 2.45) is 5.92 Å². The number of nitrogens with zero attached hydrogens (tertiary/aromatic N) is 5. The number of amides is 2. The van der Waals surface area contributed by atoms with Gasteiger partial charge in [0.2, 0.25) is 11.9 Å². The quantitative estimate of drug-likeness (QED) is 0.851. The fourth-order valence-corrected chi connectivity index (χ4v) is 4.00. The highest BCUT2D eigenvalue weighted by Crippen LogP contribution is 2.31. The monoisotopic (exact) mass is 376 g/mol. The Morgan fingerprint density at radius 3 is 2.63 bits per heavy atom. The molecule has 27 heavy (non-hydrogen) atoms. The topological polar surface area (TPSA) is 92.6 Å². The average Bonchev–Trinajstić information content (AvgIpc) is 3.43. The van der Waals surface area contributed by atoms with E-state index in [1.54, 1.807) is 4.90 Å². The van der Waals surface area contributed by atoms with Gasteiger partial charge in [0.25, 0.3) is 0 Å². The van der Waals surface area contributed by atoms with Crippen LogP contribution in [0.15, 0.2) is 0 Å². The molecule has 1 aliphatic carbocycles. The summed E-state index contributed by atoms with van der Waals surface area (Å²) >= 11 is 0. The van der Waals surface area contributed by atoms with Gasteiger partial charge < -0.3 is 9.64 Å². The van der Waals surface area contributed by atoms with E-state index in [1.807, 2.05) is 11.6 Å². The molecule has 0 radical (unpaired) electrons. The van der Waals surface area contributed by atoms with E-state index in [9.17, 15) is 9.59 Å². The molecular formula is C18H28N6O3. The first kappa shape index (κ1) is 18.2. The van der Waals surface area contributed by atoms with Crippen molar-refractivity contribution in [3.63, 3.8) is 0 Å². The van der Waals surface area contributed by atoms with Crippen LogP contribution in [0.3, 0.4) is 0 Å². The third kappa shape index (κ3) is 3.92. The lowest BCUT2D eigenvalue weighted by atomic mass is 9.96. The molecule has 1 N–H and O–H groups in total. The van der Waals surface area contributed by atoms with Crippen LogP contribution < -0.4 is 5.32 Å². The van der Waals surface area contributed by atoms with Gasteiger partial charge in [-0.1, -0.05) is 6.92 Å². The lowest BCUT2D eigenvalue weighted by Gasteiger charge is -2.41. The third-order valence-electron chi connectivity index (χ3n) is 5.69. The van der Waals surface area contributed by atoms with Gasteiger partial charge >= 0.3 is 6.09 Å². The Morgan fingerprint density at radius 1 is 1.22 bits per heavy atom. The number of piperazine rings is 1. The van der Waals surface area contributed by atoms with E-state index in [0.717, 1.165) is 44.7 Å². The van der Waals surface area contributed by atoms with Gasteiger partial charge in [-0.15, -0.1) is 5.10 Å². The van der Waals surface area contributed by atoms with E-state index in [2.05, 4.69) is 27.2 Å². The molecule has 2 aliphatic heterocycles. The molecule has 9 nitrogen and oxygen atoms in total. The molecule has 148 valence electrons. The Kier molecular flexibility index (Phi) is 5.03. The standard InChI is InChI=1S/C18H28N6O3/c1-3-27-18(26)23-8-6-22(7-9-23)14-10-12(2)15-19-17(21-24(15)11-14)20-16(25)13-4-5-13/h12-14H,3-11H2,1-2H3,(H,20,21,25). The fraction of sp³-hybridized carbons (Fsp3) is 0.778. The minimum atomic E-state index is -0.219. The van der Waals surface area contributed by atoms with Gasteiger partial charge in [0.05, 0.1) is 13.2 Å². The molecule has 1 aromatic rings. The molecule has 9 heteroatoms. The number of carbonyl (C=O) groups excluding carboxylic acids is 2. The van der Waals surface area contributed by atoms with Gasteiger partial charge in [-0.25, -0.2) is 9.48 Å². The highest BCUT2D eigenvalue weighted by atomic mass is 16.6. The predicted octanol–water partition coefficient (Wildman–Crippen LogP) is 1.28. The number of rotatable bonds is 4. The molecule has 4 rings (SSSR count). The van der Waals surface area contributed by atoms with Crippen molar-refractivity contribution in [2.75, 3.05) is 38.1 Å². The van der Waals surface area contributed by atoms with E-state index in [0.29, 0.717) is 31.7 Å². The van der Waals surface area contributed by atoms with Crippen molar-refractivity contribution in [2.45, 2.75) is 51.6 Å². The zero-order valence-corrected chi connectivity index (χ0v) is 16.1. The maximum absolute atomic E-state index is 12.0. The Hall–Kier alpha value is -2.16. The van der Waals surface area contributed by atoms with Crippen LogP contribution in [0, 0.1) is 5.92 Å². The van der Waals surface area contributed by atoms with Gasteiger partial charge in [-0.05, 0) is 26.2 Å². The molecule has 1 saturated carbocycles. The number of ether oxygens (including phenoxy) is 1. The smallest absolute Gasteiger partial charge is 0.409 e. The Balaban J connectivity index is 1.36. The fourth-order valence-electron chi connectivity index (χ4n) is 4.00. The van der Waals surface area contributed by atoms with Crippen LogP contribution in [0.1, 0.15) is 44.9 Å². The van der Waals surface area contributed by atoms with Gasteiger partial charge in [-0.2, -0.15) is 4.98 Å². The molecule has 0 bridgehead atoms. The van der Waals surface area contributed by atoms with E-state index >= 15 is 0 Å². The number of hydrogen-bond acceptors (Lipinski definition) is 6. The van der Waals surface area contributed by atoms with Crippen LogP contribution in [-0.2, 0) is 16.1 Å².